The standard InChI is InChI=1S/C19H22N6O2/c20-11-14-1-2-18(22-12-14)25-9-5-16(6-10-25)24-19(27)23-13-17(26)15-3-7-21-8-4-15/h1-4,7-8,12,16-17,26H,5-6,9-10,13H2,(H2,23,24,27). The summed E-state index contributed by atoms with van der Waals surface area (Å²) in [6, 6.07) is 8.90. The van der Waals surface area contributed by atoms with Gasteiger partial charge in [0.2, 0.25) is 0 Å². The molecule has 0 aromatic carbocycles. The number of carbonyl (C=O) groups is 1. The van der Waals surface area contributed by atoms with Crippen molar-refractivity contribution in [3.05, 3.63) is 54.0 Å². The Kier molecular flexibility index (Phi) is 6.18. The molecule has 0 aliphatic carbocycles. The average Bonchev–Trinajstić information content (AvgIpc) is 2.73. The highest BCUT2D eigenvalue weighted by Crippen LogP contribution is 2.18. The van der Waals surface area contributed by atoms with Gasteiger partial charge in [-0.15, -0.1) is 0 Å². The molecule has 2 aromatic rings. The van der Waals surface area contributed by atoms with E-state index in [1.807, 2.05) is 6.07 Å². The van der Waals surface area contributed by atoms with Crippen LogP contribution in [0.3, 0.4) is 0 Å². The van der Waals surface area contributed by atoms with E-state index in [4.69, 9.17) is 5.26 Å². The Balaban J connectivity index is 1.40. The molecule has 1 atom stereocenters. The topological polar surface area (TPSA) is 114 Å². The summed E-state index contributed by atoms with van der Waals surface area (Å²) in [5, 5.41) is 24.6. The van der Waals surface area contributed by atoms with E-state index in [9.17, 15) is 9.90 Å². The fraction of sp³-hybridized carbons (Fsp3) is 0.368. The Morgan fingerprint density at radius 1 is 1.30 bits per heavy atom. The lowest BCUT2D eigenvalue weighted by atomic mass is 10.1. The van der Waals surface area contributed by atoms with Gasteiger partial charge < -0.3 is 20.6 Å². The molecule has 2 aromatic heterocycles. The third kappa shape index (κ3) is 5.15. The number of hydrogen-bond donors (Lipinski definition) is 3. The molecule has 1 aliphatic heterocycles. The fourth-order valence-electron chi connectivity index (χ4n) is 3.02. The number of rotatable bonds is 5. The number of urea groups is 1. The van der Waals surface area contributed by atoms with Gasteiger partial charge in [-0.1, -0.05) is 0 Å². The van der Waals surface area contributed by atoms with Crippen LogP contribution in [0.1, 0.15) is 30.1 Å². The van der Waals surface area contributed by atoms with Gasteiger partial charge in [0.05, 0.1) is 11.7 Å². The molecule has 1 fully saturated rings. The highest BCUT2D eigenvalue weighted by molar-refractivity contribution is 5.74. The van der Waals surface area contributed by atoms with Gasteiger partial charge >= 0.3 is 6.03 Å². The lowest BCUT2D eigenvalue weighted by Crippen LogP contribution is -2.48. The predicted molar refractivity (Wildman–Crippen MR) is 99.9 cm³/mol. The number of anilines is 1. The molecule has 3 N–H and O–H groups in total. The Bertz CT molecular complexity index is 782. The molecule has 3 heterocycles. The lowest BCUT2D eigenvalue weighted by molar-refractivity contribution is 0.172. The van der Waals surface area contributed by atoms with E-state index in [-0.39, 0.29) is 18.6 Å². The highest BCUT2D eigenvalue weighted by Gasteiger charge is 2.21. The number of nitrogens with one attached hydrogen (secondary N) is 2. The first kappa shape index (κ1) is 18.6. The van der Waals surface area contributed by atoms with E-state index in [0.29, 0.717) is 11.1 Å². The van der Waals surface area contributed by atoms with E-state index in [1.165, 1.54) is 0 Å². The van der Waals surface area contributed by atoms with Gasteiger partial charge in [-0.3, -0.25) is 4.98 Å². The lowest BCUT2D eigenvalue weighted by Gasteiger charge is -2.33. The van der Waals surface area contributed by atoms with Crippen molar-refractivity contribution in [1.82, 2.24) is 20.6 Å². The summed E-state index contributed by atoms with van der Waals surface area (Å²) < 4.78 is 0. The molecule has 0 bridgehead atoms. The minimum atomic E-state index is -0.761. The minimum Gasteiger partial charge on any atom is -0.387 e. The molecule has 0 spiro atoms. The van der Waals surface area contributed by atoms with Crippen molar-refractivity contribution < 1.29 is 9.90 Å². The highest BCUT2D eigenvalue weighted by atomic mass is 16.3. The summed E-state index contributed by atoms with van der Waals surface area (Å²) in [6.07, 6.45) is 5.64. The molecule has 2 amide bonds. The SMILES string of the molecule is N#Cc1ccc(N2CCC(NC(=O)NCC(O)c3ccncc3)CC2)nc1. The van der Waals surface area contributed by atoms with Crippen LogP contribution >= 0.6 is 0 Å². The maximum atomic E-state index is 12.1. The molecule has 1 saturated heterocycles. The first-order chi connectivity index (χ1) is 13.2. The van der Waals surface area contributed by atoms with Crippen LogP contribution in [0.4, 0.5) is 10.6 Å². The van der Waals surface area contributed by atoms with Crippen LogP contribution in [0.15, 0.2) is 42.9 Å². The van der Waals surface area contributed by atoms with Crippen LogP contribution < -0.4 is 15.5 Å². The number of pyridine rings is 2. The molecule has 27 heavy (non-hydrogen) atoms. The maximum Gasteiger partial charge on any atom is 0.315 e. The van der Waals surface area contributed by atoms with Crippen LogP contribution in [0.25, 0.3) is 0 Å². The zero-order valence-corrected chi connectivity index (χ0v) is 14.9. The van der Waals surface area contributed by atoms with E-state index in [0.717, 1.165) is 31.7 Å². The van der Waals surface area contributed by atoms with Crippen molar-refractivity contribution in [1.29, 1.82) is 5.26 Å². The van der Waals surface area contributed by atoms with Gasteiger partial charge in [0.1, 0.15) is 11.9 Å². The molecule has 3 rings (SSSR count). The van der Waals surface area contributed by atoms with Crippen LogP contribution in [-0.2, 0) is 0 Å². The molecule has 0 saturated carbocycles. The molecule has 1 aliphatic rings. The zero-order valence-electron chi connectivity index (χ0n) is 14.9. The number of aliphatic hydroxyl groups is 1. The number of hydrogen-bond acceptors (Lipinski definition) is 6. The Morgan fingerprint density at radius 2 is 2.04 bits per heavy atom. The molecular formula is C19H22N6O2. The Hall–Kier alpha value is -3.18. The zero-order chi connectivity index (χ0) is 19.1. The van der Waals surface area contributed by atoms with Crippen LogP contribution in [0, 0.1) is 11.3 Å². The summed E-state index contributed by atoms with van der Waals surface area (Å²) in [5.41, 5.74) is 1.26. The largest absolute Gasteiger partial charge is 0.387 e. The second-order valence-corrected chi connectivity index (χ2v) is 6.43. The molecular weight excluding hydrogens is 344 g/mol. The summed E-state index contributed by atoms with van der Waals surface area (Å²) >= 11 is 0. The van der Waals surface area contributed by atoms with Gasteiger partial charge in [0.15, 0.2) is 0 Å². The van der Waals surface area contributed by atoms with Crippen molar-refractivity contribution in [2.24, 2.45) is 0 Å². The smallest absolute Gasteiger partial charge is 0.315 e. The summed E-state index contributed by atoms with van der Waals surface area (Å²) in [5.74, 6) is 0.845. The van der Waals surface area contributed by atoms with Crippen LogP contribution in [0.2, 0.25) is 0 Å². The number of amides is 2. The average molecular weight is 366 g/mol. The Morgan fingerprint density at radius 3 is 2.67 bits per heavy atom. The third-order valence-electron chi connectivity index (χ3n) is 4.58. The first-order valence-electron chi connectivity index (χ1n) is 8.89. The van der Waals surface area contributed by atoms with Gasteiger partial charge in [-0.05, 0) is 42.7 Å². The van der Waals surface area contributed by atoms with E-state index in [2.05, 4.69) is 31.6 Å². The monoisotopic (exact) mass is 366 g/mol. The number of aliphatic hydroxyl groups excluding tert-OH is 1. The molecule has 140 valence electrons. The second kappa shape index (κ2) is 8.96. The second-order valence-electron chi connectivity index (χ2n) is 6.43. The normalized spacial score (nSPS) is 15.6. The number of piperidine rings is 1. The van der Waals surface area contributed by atoms with E-state index >= 15 is 0 Å². The third-order valence-corrected chi connectivity index (χ3v) is 4.58. The number of aromatic nitrogens is 2. The quantitative estimate of drug-likeness (QED) is 0.736. The van der Waals surface area contributed by atoms with Gasteiger partial charge in [-0.25, -0.2) is 9.78 Å². The van der Waals surface area contributed by atoms with Crippen molar-refractivity contribution in [2.45, 2.75) is 25.0 Å². The number of nitriles is 1. The maximum absolute atomic E-state index is 12.1. The summed E-state index contributed by atoms with van der Waals surface area (Å²) in [4.78, 5) is 22.4. The van der Waals surface area contributed by atoms with Crippen molar-refractivity contribution in [3.63, 3.8) is 0 Å². The molecule has 1 unspecified atom stereocenters. The number of carbonyl (C=O) groups excluding carboxylic acids is 1. The van der Waals surface area contributed by atoms with Crippen LogP contribution in [-0.4, -0.2) is 46.8 Å². The predicted octanol–water partition coefficient (Wildman–Crippen LogP) is 1.35. The van der Waals surface area contributed by atoms with Gasteiger partial charge in [-0.2, -0.15) is 5.26 Å². The fourth-order valence-corrected chi connectivity index (χ4v) is 3.02. The van der Waals surface area contributed by atoms with Crippen molar-refractivity contribution in [2.75, 3.05) is 24.5 Å². The summed E-state index contributed by atoms with van der Waals surface area (Å²) in [6.45, 7) is 1.71. The van der Waals surface area contributed by atoms with Crippen molar-refractivity contribution >= 4 is 11.8 Å². The van der Waals surface area contributed by atoms with E-state index < -0.39 is 6.10 Å². The first-order valence-corrected chi connectivity index (χ1v) is 8.89. The Labute approximate surface area is 157 Å². The van der Waals surface area contributed by atoms with Gasteiger partial charge in [0.25, 0.3) is 0 Å². The van der Waals surface area contributed by atoms with Crippen LogP contribution in [0.5, 0.6) is 0 Å². The summed E-state index contributed by atoms with van der Waals surface area (Å²) in [7, 11) is 0. The molecule has 8 heteroatoms. The van der Waals surface area contributed by atoms with Gasteiger partial charge in [0, 0.05) is 44.3 Å². The van der Waals surface area contributed by atoms with E-state index in [1.54, 1.807) is 36.8 Å². The number of nitrogens with zero attached hydrogens (tertiary/aromatic N) is 4. The minimum absolute atomic E-state index is 0.0812. The molecule has 0 radical (unpaired) electrons. The molecule has 8 nitrogen and oxygen atoms in total. The van der Waals surface area contributed by atoms with Crippen molar-refractivity contribution in [3.8, 4) is 6.07 Å².